The largest absolute Gasteiger partial charge is 0.316 e. The summed E-state index contributed by atoms with van der Waals surface area (Å²) in [6, 6.07) is 8.44. The zero-order valence-corrected chi connectivity index (χ0v) is 13.4. The summed E-state index contributed by atoms with van der Waals surface area (Å²) < 4.78 is 0. The van der Waals surface area contributed by atoms with E-state index in [-0.39, 0.29) is 0 Å². The minimum Gasteiger partial charge on any atom is -0.316 e. The maximum absolute atomic E-state index is 6.14. The van der Waals surface area contributed by atoms with Gasteiger partial charge in [-0.2, -0.15) is 0 Å². The normalized spacial score (nSPS) is 31.6. The maximum atomic E-state index is 6.14. The summed E-state index contributed by atoms with van der Waals surface area (Å²) in [5.41, 5.74) is 1.89. The van der Waals surface area contributed by atoms with Crippen molar-refractivity contribution >= 4 is 11.6 Å². The average molecular weight is 292 g/mol. The molecular formula is C18H26ClN. The predicted molar refractivity (Wildman–Crippen MR) is 86.1 cm³/mol. The van der Waals surface area contributed by atoms with Crippen LogP contribution >= 0.6 is 11.6 Å². The number of hydrogen-bond acceptors (Lipinski definition) is 1. The third-order valence-electron chi connectivity index (χ3n) is 4.98. The average Bonchev–Trinajstić information content (AvgIpc) is 2.97. The van der Waals surface area contributed by atoms with E-state index in [1.165, 1.54) is 37.8 Å². The van der Waals surface area contributed by atoms with Gasteiger partial charge in [0.25, 0.3) is 0 Å². The fourth-order valence-corrected chi connectivity index (χ4v) is 4.28. The van der Waals surface area contributed by atoms with Gasteiger partial charge in [0, 0.05) is 11.6 Å². The van der Waals surface area contributed by atoms with E-state index in [2.05, 4.69) is 37.4 Å². The minimum absolute atomic E-state index is 0.479. The Balaban J connectivity index is 1.66. The number of fused-ring (bicyclic) bond motifs is 1. The summed E-state index contributed by atoms with van der Waals surface area (Å²) >= 11 is 6.14. The Morgan fingerprint density at radius 2 is 2.05 bits per heavy atom. The zero-order valence-electron chi connectivity index (χ0n) is 12.7. The van der Waals surface area contributed by atoms with E-state index in [1.54, 1.807) is 0 Å². The highest BCUT2D eigenvalue weighted by atomic mass is 35.5. The van der Waals surface area contributed by atoms with Gasteiger partial charge in [-0.25, -0.2) is 0 Å². The second-order valence-corrected chi connectivity index (χ2v) is 7.93. The zero-order chi connectivity index (χ0) is 14.2. The van der Waals surface area contributed by atoms with Gasteiger partial charge in [0.2, 0.25) is 0 Å². The molecule has 20 heavy (non-hydrogen) atoms. The fourth-order valence-electron chi connectivity index (χ4n) is 4.06. The van der Waals surface area contributed by atoms with Crippen LogP contribution < -0.4 is 5.32 Å². The summed E-state index contributed by atoms with van der Waals surface area (Å²) in [5.74, 6) is 2.78. The molecule has 0 radical (unpaired) electrons. The Morgan fingerprint density at radius 1 is 1.30 bits per heavy atom. The van der Waals surface area contributed by atoms with Crippen LogP contribution in [0.3, 0.4) is 0 Å². The molecule has 2 atom stereocenters. The molecule has 1 N–H and O–H groups in total. The Bertz CT molecular complexity index is 458. The van der Waals surface area contributed by atoms with E-state index >= 15 is 0 Å². The lowest BCUT2D eigenvalue weighted by molar-refractivity contribution is 0.245. The molecule has 0 amide bonds. The predicted octanol–water partition coefficient (Wildman–Crippen LogP) is 4.54. The van der Waals surface area contributed by atoms with Crippen molar-refractivity contribution in [2.24, 2.45) is 23.2 Å². The van der Waals surface area contributed by atoms with Crippen molar-refractivity contribution in [3.63, 3.8) is 0 Å². The van der Waals surface area contributed by atoms with Crippen LogP contribution in [-0.4, -0.2) is 13.1 Å². The van der Waals surface area contributed by atoms with Gasteiger partial charge in [0.15, 0.2) is 0 Å². The highest BCUT2D eigenvalue weighted by molar-refractivity contribution is 6.30. The quantitative estimate of drug-likeness (QED) is 0.811. The van der Waals surface area contributed by atoms with E-state index in [9.17, 15) is 0 Å². The van der Waals surface area contributed by atoms with Crippen molar-refractivity contribution < 1.29 is 0 Å². The van der Waals surface area contributed by atoms with Crippen LogP contribution in [0.25, 0.3) is 0 Å². The lowest BCUT2D eigenvalue weighted by Gasteiger charge is -2.32. The number of halogens is 1. The number of hydrogen-bond donors (Lipinski definition) is 1. The molecule has 1 nitrogen and oxygen atoms in total. The summed E-state index contributed by atoms with van der Waals surface area (Å²) in [6.45, 7) is 6.86. The van der Waals surface area contributed by atoms with Crippen molar-refractivity contribution in [3.8, 4) is 0 Å². The van der Waals surface area contributed by atoms with Gasteiger partial charge in [-0.3, -0.25) is 0 Å². The minimum atomic E-state index is 0.479. The van der Waals surface area contributed by atoms with Crippen LogP contribution in [0.5, 0.6) is 0 Å². The molecule has 110 valence electrons. The lowest BCUT2D eigenvalue weighted by Crippen LogP contribution is -2.36. The first-order valence-electron chi connectivity index (χ1n) is 8.01. The molecule has 0 bridgehead atoms. The van der Waals surface area contributed by atoms with Gasteiger partial charge in [-0.15, -0.1) is 0 Å². The summed E-state index contributed by atoms with van der Waals surface area (Å²) in [4.78, 5) is 0. The molecule has 0 saturated heterocycles. The Labute approximate surface area is 128 Å². The van der Waals surface area contributed by atoms with E-state index < -0.39 is 0 Å². The molecule has 3 rings (SSSR count). The van der Waals surface area contributed by atoms with Gasteiger partial charge < -0.3 is 5.32 Å². The second-order valence-electron chi connectivity index (χ2n) is 7.50. The van der Waals surface area contributed by atoms with Gasteiger partial charge in [0.05, 0.1) is 0 Å². The summed E-state index contributed by atoms with van der Waals surface area (Å²) in [5, 5.41) is 4.58. The van der Waals surface area contributed by atoms with Crippen LogP contribution in [0.2, 0.25) is 5.02 Å². The molecule has 2 aliphatic carbocycles. The Kier molecular flexibility index (Phi) is 4.10. The van der Waals surface area contributed by atoms with Crippen molar-refractivity contribution in [1.82, 2.24) is 5.32 Å². The number of nitrogens with one attached hydrogen (secondary N) is 1. The summed E-state index contributed by atoms with van der Waals surface area (Å²) in [6.07, 6.45) is 5.50. The van der Waals surface area contributed by atoms with E-state index in [4.69, 9.17) is 11.6 Å². The molecule has 1 aromatic carbocycles. The molecule has 0 spiro atoms. The van der Waals surface area contributed by atoms with Crippen molar-refractivity contribution in [2.45, 2.75) is 39.5 Å². The molecule has 2 aliphatic rings. The maximum Gasteiger partial charge on any atom is 0.0408 e. The van der Waals surface area contributed by atoms with Crippen LogP contribution in [-0.2, 0) is 6.42 Å². The molecular weight excluding hydrogens is 266 g/mol. The molecule has 0 heterocycles. The van der Waals surface area contributed by atoms with Crippen LogP contribution in [0.1, 0.15) is 38.7 Å². The highest BCUT2D eigenvalue weighted by Crippen LogP contribution is 2.60. The number of benzene rings is 1. The van der Waals surface area contributed by atoms with Crippen LogP contribution in [0.15, 0.2) is 24.3 Å². The van der Waals surface area contributed by atoms with E-state index in [0.29, 0.717) is 5.41 Å². The Hall–Kier alpha value is -0.530. The van der Waals surface area contributed by atoms with Crippen LogP contribution in [0.4, 0.5) is 0 Å². The molecule has 0 aromatic heterocycles. The molecule has 2 unspecified atom stereocenters. The first-order valence-corrected chi connectivity index (χ1v) is 8.39. The molecule has 2 heteroatoms. The smallest absolute Gasteiger partial charge is 0.0408 e. The SMILES string of the molecule is CC(C)CNCC1(Cc2cccc(Cl)c2)CC2CC2C1. The van der Waals surface area contributed by atoms with Crippen molar-refractivity contribution in [2.75, 3.05) is 13.1 Å². The molecule has 1 aromatic rings. The first-order chi connectivity index (χ1) is 9.56. The fraction of sp³-hybridized carbons (Fsp3) is 0.667. The van der Waals surface area contributed by atoms with Gasteiger partial charge in [-0.05, 0) is 73.1 Å². The topological polar surface area (TPSA) is 12.0 Å². The van der Waals surface area contributed by atoms with Crippen LogP contribution in [0, 0.1) is 23.2 Å². The first kappa shape index (κ1) is 14.4. The third kappa shape index (κ3) is 3.38. The number of rotatable bonds is 6. The monoisotopic (exact) mass is 291 g/mol. The molecule has 2 fully saturated rings. The van der Waals surface area contributed by atoms with Gasteiger partial charge in [-0.1, -0.05) is 37.6 Å². The highest BCUT2D eigenvalue weighted by Gasteiger charge is 2.53. The standard InChI is InChI=1S/C18H26ClN/c1-13(2)11-20-12-18(9-15-7-16(15)10-18)8-14-4-3-5-17(19)6-14/h3-6,13,15-16,20H,7-12H2,1-2H3. The van der Waals surface area contributed by atoms with E-state index in [1.807, 2.05) is 6.07 Å². The van der Waals surface area contributed by atoms with Crippen molar-refractivity contribution in [1.29, 1.82) is 0 Å². The lowest BCUT2D eigenvalue weighted by atomic mass is 9.77. The molecule has 0 aliphatic heterocycles. The van der Waals surface area contributed by atoms with Gasteiger partial charge >= 0.3 is 0 Å². The second kappa shape index (κ2) is 5.69. The third-order valence-corrected chi connectivity index (χ3v) is 5.22. The van der Waals surface area contributed by atoms with Gasteiger partial charge in [0.1, 0.15) is 0 Å². The molecule has 2 saturated carbocycles. The Morgan fingerprint density at radius 3 is 2.70 bits per heavy atom. The van der Waals surface area contributed by atoms with Crippen molar-refractivity contribution in [3.05, 3.63) is 34.9 Å². The summed E-state index contributed by atoms with van der Waals surface area (Å²) in [7, 11) is 0. The van der Waals surface area contributed by atoms with E-state index in [0.717, 1.165) is 29.3 Å².